The van der Waals surface area contributed by atoms with Gasteiger partial charge in [0, 0.05) is 30.0 Å². The van der Waals surface area contributed by atoms with Gasteiger partial charge in [-0.15, -0.1) is 0 Å². The maximum absolute atomic E-state index is 13.2. The molecule has 3 atom stereocenters. The van der Waals surface area contributed by atoms with E-state index in [9.17, 15) is 4.79 Å². The van der Waals surface area contributed by atoms with Gasteiger partial charge in [0.15, 0.2) is 0 Å². The lowest BCUT2D eigenvalue weighted by Gasteiger charge is -2.59. The molecule has 2 N–H and O–H groups in total. The minimum absolute atomic E-state index is 0.00397. The first kappa shape index (κ1) is 18.6. The zero-order chi connectivity index (χ0) is 18.2. The molecule has 1 aromatic carbocycles. The molecule has 1 heterocycles. The van der Waals surface area contributed by atoms with Crippen LogP contribution in [0.2, 0.25) is 5.02 Å². The SMILES string of the molecule is CCOC1CC(N)(C(=O)N2CCOC(c3ccc(Cl)cc3)C2)C1(C)C. The monoisotopic (exact) mass is 366 g/mol. The Kier molecular flexibility index (Phi) is 5.13. The number of nitrogens with two attached hydrogens (primary N) is 1. The van der Waals surface area contributed by atoms with E-state index in [2.05, 4.69) is 0 Å². The Morgan fingerprint density at radius 1 is 1.40 bits per heavy atom. The van der Waals surface area contributed by atoms with Crippen LogP contribution in [-0.4, -0.2) is 48.8 Å². The topological polar surface area (TPSA) is 64.8 Å². The van der Waals surface area contributed by atoms with E-state index in [1.54, 1.807) is 0 Å². The summed E-state index contributed by atoms with van der Waals surface area (Å²) in [4.78, 5) is 15.0. The number of rotatable bonds is 4. The molecule has 0 radical (unpaired) electrons. The number of hydrogen-bond acceptors (Lipinski definition) is 4. The van der Waals surface area contributed by atoms with Crippen molar-refractivity contribution in [3.8, 4) is 0 Å². The van der Waals surface area contributed by atoms with Crippen molar-refractivity contribution in [3.05, 3.63) is 34.9 Å². The van der Waals surface area contributed by atoms with Crippen LogP contribution in [-0.2, 0) is 14.3 Å². The summed E-state index contributed by atoms with van der Waals surface area (Å²) in [5, 5.41) is 0.687. The van der Waals surface area contributed by atoms with Crippen LogP contribution >= 0.6 is 11.6 Å². The average molecular weight is 367 g/mol. The molecule has 3 rings (SSSR count). The molecular formula is C19H27ClN2O3. The van der Waals surface area contributed by atoms with Gasteiger partial charge in [-0.3, -0.25) is 4.79 Å². The third-order valence-corrected chi connectivity index (χ3v) is 6.06. The van der Waals surface area contributed by atoms with Crippen LogP contribution in [0.25, 0.3) is 0 Å². The Morgan fingerprint density at radius 3 is 2.68 bits per heavy atom. The number of ether oxygens (including phenoxy) is 2. The first-order valence-corrected chi connectivity index (χ1v) is 9.24. The largest absolute Gasteiger partial charge is 0.378 e. The summed E-state index contributed by atoms with van der Waals surface area (Å²) < 4.78 is 11.6. The molecule has 2 fully saturated rings. The van der Waals surface area contributed by atoms with E-state index in [-0.39, 0.29) is 23.5 Å². The van der Waals surface area contributed by atoms with E-state index < -0.39 is 5.54 Å². The second-order valence-corrected chi connectivity index (χ2v) is 7.94. The molecule has 5 nitrogen and oxygen atoms in total. The number of amides is 1. The average Bonchev–Trinajstić information content (AvgIpc) is 2.61. The van der Waals surface area contributed by atoms with Crippen molar-refractivity contribution in [3.63, 3.8) is 0 Å². The van der Waals surface area contributed by atoms with E-state index in [4.69, 9.17) is 26.8 Å². The Labute approximate surface area is 154 Å². The van der Waals surface area contributed by atoms with Crippen LogP contribution in [0.1, 0.15) is 38.9 Å². The Morgan fingerprint density at radius 2 is 2.08 bits per heavy atom. The maximum atomic E-state index is 13.2. The third kappa shape index (κ3) is 3.19. The highest BCUT2D eigenvalue weighted by Gasteiger charge is 2.63. The van der Waals surface area contributed by atoms with Crippen LogP contribution in [0.5, 0.6) is 0 Å². The van der Waals surface area contributed by atoms with Gasteiger partial charge in [-0.2, -0.15) is 0 Å². The summed E-state index contributed by atoms with van der Waals surface area (Å²) in [7, 11) is 0. The van der Waals surface area contributed by atoms with Gasteiger partial charge in [-0.1, -0.05) is 37.6 Å². The second-order valence-electron chi connectivity index (χ2n) is 7.50. The van der Waals surface area contributed by atoms with E-state index in [1.807, 2.05) is 49.9 Å². The van der Waals surface area contributed by atoms with Gasteiger partial charge in [-0.05, 0) is 24.6 Å². The van der Waals surface area contributed by atoms with Crippen LogP contribution in [0.3, 0.4) is 0 Å². The number of halogens is 1. The molecule has 1 aliphatic carbocycles. The van der Waals surface area contributed by atoms with E-state index in [0.717, 1.165) is 5.56 Å². The van der Waals surface area contributed by atoms with E-state index >= 15 is 0 Å². The smallest absolute Gasteiger partial charge is 0.243 e. The first-order chi connectivity index (χ1) is 11.8. The second kappa shape index (κ2) is 6.88. The minimum atomic E-state index is -0.880. The van der Waals surface area contributed by atoms with Crippen molar-refractivity contribution >= 4 is 17.5 Å². The molecule has 3 unspecified atom stereocenters. The molecule has 1 saturated carbocycles. The number of nitrogens with zero attached hydrogens (tertiary/aromatic N) is 1. The number of morpholine rings is 1. The molecule has 0 aromatic heterocycles. The fourth-order valence-corrected chi connectivity index (χ4v) is 3.92. The molecule has 1 amide bonds. The molecule has 1 saturated heterocycles. The molecular weight excluding hydrogens is 340 g/mol. The molecule has 2 aliphatic rings. The standard InChI is InChI=1S/C19H27ClN2O3/c1-4-24-16-11-19(21,18(16,2)3)17(23)22-9-10-25-15(12-22)13-5-7-14(20)8-6-13/h5-8,15-16H,4,9-12,21H2,1-3H3. The highest BCUT2D eigenvalue weighted by molar-refractivity contribution is 6.30. The van der Waals surface area contributed by atoms with Crippen molar-refractivity contribution in [2.75, 3.05) is 26.3 Å². The Balaban J connectivity index is 1.71. The Bertz CT molecular complexity index is 634. The van der Waals surface area contributed by atoms with Crippen molar-refractivity contribution in [1.29, 1.82) is 0 Å². The predicted octanol–water partition coefficient (Wildman–Crippen LogP) is 2.77. The molecule has 1 aromatic rings. The zero-order valence-electron chi connectivity index (χ0n) is 15.1. The first-order valence-electron chi connectivity index (χ1n) is 8.86. The Hall–Kier alpha value is -1.14. The highest BCUT2D eigenvalue weighted by atomic mass is 35.5. The molecule has 6 heteroatoms. The number of carbonyl (C=O) groups excluding carboxylic acids is 1. The lowest BCUT2D eigenvalue weighted by Crippen LogP contribution is -2.76. The van der Waals surface area contributed by atoms with Gasteiger partial charge in [0.25, 0.3) is 0 Å². The van der Waals surface area contributed by atoms with Crippen molar-refractivity contribution in [2.24, 2.45) is 11.1 Å². The lowest BCUT2D eigenvalue weighted by atomic mass is 9.54. The lowest BCUT2D eigenvalue weighted by molar-refractivity contribution is -0.184. The van der Waals surface area contributed by atoms with Gasteiger partial charge in [0.2, 0.25) is 5.91 Å². The van der Waals surface area contributed by atoms with Crippen LogP contribution in [0.15, 0.2) is 24.3 Å². The molecule has 0 spiro atoms. The summed E-state index contributed by atoms with van der Waals surface area (Å²) in [6.45, 7) is 8.22. The fraction of sp³-hybridized carbons (Fsp3) is 0.632. The summed E-state index contributed by atoms with van der Waals surface area (Å²) in [6, 6.07) is 7.56. The number of benzene rings is 1. The predicted molar refractivity (Wildman–Crippen MR) is 97.5 cm³/mol. The number of hydrogen-bond donors (Lipinski definition) is 1. The molecule has 0 bridgehead atoms. The van der Waals surface area contributed by atoms with Gasteiger partial charge < -0.3 is 20.1 Å². The van der Waals surface area contributed by atoms with Crippen LogP contribution in [0.4, 0.5) is 0 Å². The molecule has 25 heavy (non-hydrogen) atoms. The van der Waals surface area contributed by atoms with Crippen molar-refractivity contribution in [2.45, 2.75) is 44.9 Å². The van der Waals surface area contributed by atoms with Gasteiger partial charge in [0.1, 0.15) is 11.6 Å². The molecule has 1 aliphatic heterocycles. The van der Waals surface area contributed by atoms with Gasteiger partial charge in [0.05, 0.1) is 19.3 Å². The zero-order valence-corrected chi connectivity index (χ0v) is 15.9. The van der Waals surface area contributed by atoms with Crippen molar-refractivity contribution in [1.82, 2.24) is 4.90 Å². The summed E-state index contributed by atoms with van der Waals surface area (Å²) in [6.07, 6.45) is 0.444. The fourth-order valence-electron chi connectivity index (χ4n) is 3.79. The summed E-state index contributed by atoms with van der Waals surface area (Å²) >= 11 is 5.95. The molecule has 138 valence electrons. The summed E-state index contributed by atoms with van der Waals surface area (Å²) in [5.41, 5.74) is 6.31. The third-order valence-electron chi connectivity index (χ3n) is 5.81. The summed E-state index contributed by atoms with van der Waals surface area (Å²) in [5.74, 6) is -0.00397. The van der Waals surface area contributed by atoms with Crippen LogP contribution < -0.4 is 5.73 Å². The normalized spacial score (nSPS) is 31.5. The number of carbonyl (C=O) groups is 1. The van der Waals surface area contributed by atoms with Crippen LogP contribution in [0, 0.1) is 5.41 Å². The van der Waals surface area contributed by atoms with E-state index in [1.165, 1.54) is 0 Å². The van der Waals surface area contributed by atoms with Gasteiger partial charge >= 0.3 is 0 Å². The maximum Gasteiger partial charge on any atom is 0.243 e. The minimum Gasteiger partial charge on any atom is -0.378 e. The van der Waals surface area contributed by atoms with Crippen molar-refractivity contribution < 1.29 is 14.3 Å². The quantitative estimate of drug-likeness (QED) is 0.889. The van der Waals surface area contributed by atoms with E-state index in [0.29, 0.717) is 37.7 Å². The van der Waals surface area contributed by atoms with Gasteiger partial charge in [-0.25, -0.2) is 0 Å². The highest BCUT2D eigenvalue weighted by Crippen LogP contribution is 2.50.